The molecule has 0 aliphatic heterocycles. The first kappa shape index (κ1) is 14.9. The first-order valence-electron chi connectivity index (χ1n) is 6.81. The molecular formula is C15H18ClNO3. The smallest absolute Gasteiger partial charge is 0.305 e. The van der Waals surface area contributed by atoms with Gasteiger partial charge in [-0.05, 0) is 30.0 Å². The number of aliphatic carboxylic acids is 1. The molecule has 108 valence electrons. The number of carbonyl (C=O) groups excluding carboxylic acids is 1. The van der Waals surface area contributed by atoms with Gasteiger partial charge in [-0.2, -0.15) is 0 Å². The quantitative estimate of drug-likeness (QED) is 0.812. The number of hydrogen-bond acceptors (Lipinski definition) is 2. The van der Waals surface area contributed by atoms with Gasteiger partial charge in [0, 0.05) is 11.4 Å². The van der Waals surface area contributed by atoms with Gasteiger partial charge in [-0.1, -0.05) is 36.6 Å². The van der Waals surface area contributed by atoms with Crippen LogP contribution in [0.15, 0.2) is 24.3 Å². The summed E-state index contributed by atoms with van der Waals surface area (Å²) in [5.41, 5.74) is 0.761. The summed E-state index contributed by atoms with van der Waals surface area (Å²) in [4.78, 5) is 22.8. The fourth-order valence-corrected chi connectivity index (χ4v) is 2.26. The Kier molecular flexibility index (Phi) is 5.01. The molecule has 1 saturated carbocycles. The second-order valence-electron chi connectivity index (χ2n) is 5.25. The van der Waals surface area contributed by atoms with E-state index in [9.17, 15) is 9.59 Å². The monoisotopic (exact) mass is 295 g/mol. The minimum absolute atomic E-state index is 0.0851. The molecule has 0 heterocycles. The molecular weight excluding hydrogens is 278 g/mol. The lowest BCUT2D eigenvalue weighted by Crippen LogP contribution is -2.30. The highest BCUT2D eigenvalue weighted by molar-refractivity contribution is 6.30. The molecule has 0 radical (unpaired) electrons. The Bertz CT molecular complexity index is 482. The van der Waals surface area contributed by atoms with Gasteiger partial charge in [-0.3, -0.25) is 9.59 Å². The van der Waals surface area contributed by atoms with Crippen molar-refractivity contribution < 1.29 is 14.7 Å². The van der Waals surface area contributed by atoms with Crippen LogP contribution in [-0.2, 0) is 9.59 Å². The van der Waals surface area contributed by atoms with E-state index in [0.717, 1.165) is 12.0 Å². The molecule has 1 aromatic carbocycles. The van der Waals surface area contributed by atoms with E-state index in [0.29, 0.717) is 17.4 Å². The number of rotatable bonds is 7. The van der Waals surface area contributed by atoms with Gasteiger partial charge < -0.3 is 10.4 Å². The van der Waals surface area contributed by atoms with Gasteiger partial charge in [-0.15, -0.1) is 0 Å². The molecule has 0 saturated heterocycles. The minimum Gasteiger partial charge on any atom is -0.481 e. The first-order valence-corrected chi connectivity index (χ1v) is 7.19. The normalized spacial score (nSPS) is 15.7. The van der Waals surface area contributed by atoms with Crippen molar-refractivity contribution in [1.29, 1.82) is 0 Å². The predicted molar refractivity (Wildman–Crippen MR) is 76.5 cm³/mol. The van der Waals surface area contributed by atoms with Crippen molar-refractivity contribution in [2.75, 3.05) is 0 Å². The Labute approximate surface area is 123 Å². The van der Waals surface area contributed by atoms with E-state index in [1.54, 1.807) is 24.3 Å². The lowest BCUT2D eigenvalue weighted by atomic mass is 10.0. The van der Waals surface area contributed by atoms with Gasteiger partial charge in [0.2, 0.25) is 5.91 Å². The summed E-state index contributed by atoms with van der Waals surface area (Å²) in [5, 5.41) is 12.4. The van der Waals surface area contributed by atoms with E-state index in [-0.39, 0.29) is 12.3 Å². The molecule has 1 amide bonds. The largest absolute Gasteiger partial charge is 0.481 e. The number of halogens is 1. The minimum atomic E-state index is -0.938. The highest BCUT2D eigenvalue weighted by atomic mass is 35.5. The third kappa shape index (κ3) is 4.85. The maximum absolute atomic E-state index is 11.9. The van der Waals surface area contributed by atoms with Crippen LogP contribution >= 0.6 is 11.6 Å². The molecule has 0 aromatic heterocycles. The van der Waals surface area contributed by atoms with Crippen LogP contribution in [0.3, 0.4) is 0 Å². The molecule has 1 aromatic rings. The SMILES string of the molecule is O=C(O)C[C@H](NC(=O)CCC1CC1)c1ccc(Cl)cc1. The van der Waals surface area contributed by atoms with E-state index >= 15 is 0 Å². The third-order valence-electron chi connectivity index (χ3n) is 3.46. The Hall–Kier alpha value is -1.55. The predicted octanol–water partition coefficient (Wildman–Crippen LogP) is 3.16. The van der Waals surface area contributed by atoms with Gasteiger partial charge in [0.05, 0.1) is 12.5 Å². The average Bonchev–Trinajstić information content (AvgIpc) is 3.20. The van der Waals surface area contributed by atoms with Crippen molar-refractivity contribution in [2.45, 2.75) is 38.1 Å². The Morgan fingerprint density at radius 1 is 1.30 bits per heavy atom. The molecule has 0 bridgehead atoms. The maximum atomic E-state index is 11.9. The number of carbonyl (C=O) groups is 2. The first-order chi connectivity index (χ1) is 9.54. The van der Waals surface area contributed by atoms with Crippen LogP contribution in [0.2, 0.25) is 5.02 Å². The van der Waals surface area contributed by atoms with Crippen LogP contribution < -0.4 is 5.32 Å². The van der Waals surface area contributed by atoms with Gasteiger partial charge in [0.25, 0.3) is 0 Å². The summed E-state index contributed by atoms with van der Waals surface area (Å²) in [6.45, 7) is 0. The molecule has 0 unspecified atom stereocenters. The Morgan fingerprint density at radius 3 is 2.50 bits per heavy atom. The molecule has 4 nitrogen and oxygen atoms in total. The molecule has 5 heteroatoms. The summed E-state index contributed by atoms with van der Waals surface area (Å²) < 4.78 is 0. The lowest BCUT2D eigenvalue weighted by Gasteiger charge is -2.17. The molecule has 1 atom stereocenters. The number of hydrogen-bond donors (Lipinski definition) is 2. The van der Waals surface area contributed by atoms with Gasteiger partial charge in [0.15, 0.2) is 0 Å². The van der Waals surface area contributed by atoms with Crippen molar-refractivity contribution in [3.8, 4) is 0 Å². The van der Waals surface area contributed by atoms with Crippen molar-refractivity contribution in [3.05, 3.63) is 34.9 Å². The Balaban J connectivity index is 1.96. The number of amides is 1. The van der Waals surface area contributed by atoms with Gasteiger partial charge in [-0.25, -0.2) is 0 Å². The number of nitrogens with one attached hydrogen (secondary N) is 1. The van der Waals surface area contributed by atoms with Crippen molar-refractivity contribution in [2.24, 2.45) is 5.92 Å². The van der Waals surface area contributed by atoms with Crippen LogP contribution in [0.4, 0.5) is 0 Å². The number of benzene rings is 1. The van der Waals surface area contributed by atoms with Gasteiger partial charge in [0.1, 0.15) is 0 Å². The summed E-state index contributed by atoms with van der Waals surface area (Å²) >= 11 is 5.82. The second-order valence-corrected chi connectivity index (χ2v) is 5.69. The summed E-state index contributed by atoms with van der Waals surface area (Å²) in [6, 6.07) is 6.38. The van der Waals surface area contributed by atoms with Crippen LogP contribution in [0, 0.1) is 5.92 Å². The molecule has 1 aliphatic rings. The van der Waals surface area contributed by atoms with Crippen LogP contribution in [-0.4, -0.2) is 17.0 Å². The number of carboxylic acids is 1. The van der Waals surface area contributed by atoms with E-state index in [4.69, 9.17) is 16.7 Å². The van der Waals surface area contributed by atoms with Gasteiger partial charge >= 0.3 is 5.97 Å². The van der Waals surface area contributed by atoms with Crippen LogP contribution in [0.25, 0.3) is 0 Å². The topological polar surface area (TPSA) is 66.4 Å². The van der Waals surface area contributed by atoms with Crippen molar-refractivity contribution >= 4 is 23.5 Å². The van der Waals surface area contributed by atoms with Crippen LogP contribution in [0.1, 0.15) is 43.7 Å². The zero-order chi connectivity index (χ0) is 14.5. The van der Waals surface area contributed by atoms with E-state index in [2.05, 4.69) is 5.32 Å². The summed E-state index contributed by atoms with van der Waals surface area (Å²) in [6.07, 6.45) is 3.66. The van der Waals surface area contributed by atoms with Crippen LogP contribution in [0.5, 0.6) is 0 Å². The average molecular weight is 296 g/mol. The Morgan fingerprint density at radius 2 is 1.95 bits per heavy atom. The fraction of sp³-hybridized carbons (Fsp3) is 0.467. The third-order valence-corrected chi connectivity index (χ3v) is 3.71. The van der Waals surface area contributed by atoms with E-state index < -0.39 is 12.0 Å². The molecule has 20 heavy (non-hydrogen) atoms. The van der Waals surface area contributed by atoms with Crippen molar-refractivity contribution in [1.82, 2.24) is 5.32 Å². The highest BCUT2D eigenvalue weighted by Crippen LogP contribution is 2.33. The highest BCUT2D eigenvalue weighted by Gasteiger charge is 2.23. The van der Waals surface area contributed by atoms with E-state index in [1.807, 2.05) is 0 Å². The summed E-state index contributed by atoms with van der Waals surface area (Å²) in [5.74, 6) is -0.334. The van der Waals surface area contributed by atoms with Crippen molar-refractivity contribution in [3.63, 3.8) is 0 Å². The standard InChI is InChI=1S/C15H18ClNO3/c16-12-6-4-11(5-7-12)13(9-15(19)20)17-14(18)8-3-10-1-2-10/h4-7,10,13H,1-3,8-9H2,(H,17,18)(H,19,20)/t13-/m0/s1. The maximum Gasteiger partial charge on any atom is 0.305 e. The molecule has 0 spiro atoms. The summed E-state index contributed by atoms with van der Waals surface area (Å²) in [7, 11) is 0. The zero-order valence-corrected chi connectivity index (χ0v) is 11.9. The molecule has 1 aliphatic carbocycles. The number of carboxylic acid groups (broad SMARTS) is 1. The molecule has 2 rings (SSSR count). The molecule has 1 fully saturated rings. The lowest BCUT2D eigenvalue weighted by molar-refractivity contribution is -0.137. The zero-order valence-electron chi connectivity index (χ0n) is 11.1. The second kappa shape index (κ2) is 6.75. The molecule has 2 N–H and O–H groups in total. The van der Waals surface area contributed by atoms with E-state index in [1.165, 1.54) is 12.8 Å². The fourth-order valence-electron chi connectivity index (χ4n) is 2.13.